The summed E-state index contributed by atoms with van der Waals surface area (Å²) in [4.78, 5) is -0.382. The molecule has 0 radical (unpaired) electrons. The summed E-state index contributed by atoms with van der Waals surface area (Å²) in [6, 6.07) is 5.35. The fourth-order valence-corrected chi connectivity index (χ4v) is 4.40. The smallest absolute Gasteiger partial charge is 0.212 e. The minimum Gasteiger partial charge on any atom is -0.212 e. The molecule has 0 saturated carbocycles. The van der Waals surface area contributed by atoms with E-state index in [0.29, 0.717) is 0 Å². The van der Waals surface area contributed by atoms with Gasteiger partial charge in [-0.2, -0.15) is 13.2 Å². The van der Waals surface area contributed by atoms with Crippen molar-refractivity contribution in [1.82, 2.24) is 0 Å². The van der Waals surface area contributed by atoms with E-state index in [1.165, 1.54) is 18.2 Å². The molecule has 0 aliphatic rings. The van der Waals surface area contributed by atoms with Crippen molar-refractivity contribution in [3.8, 4) is 0 Å². The molecule has 2 nitrogen and oxygen atoms in total. The van der Waals surface area contributed by atoms with E-state index in [-0.39, 0.29) is 9.37 Å². The second-order valence-corrected chi connectivity index (χ2v) is 7.06. The SMILES string of the molecule is O=S(=O)(SC(F)(F)F)c1ccccc1Br. The summed E-state index contributed by atoms with van der Waals surface area (Å²) >= 11 is 2.88. The summed E-state index contributed by atoms with van der Waals surface area (Å²) in [6.07, 6.45) is 0. The van der Waals surface area contributed by atoms with Gasteiger partial charge in [0, 0.05) is 4.47 Å². The maximum atomic E-state index is 11.9. The van der Waals surface area contributed by atoms with Gasteiger partial charge in [-0.1, -0.05) is 12.1 Å². The molecule has 15 heavy (non-hydrogen) atoms. The van der Waals surface area contributed by atoms with Crippen LogP contribution in [0.4, 0.5) is 13.2 Å². The van der Waals surface area contributed by atoms with Gasteiger partial charge in [-0.3, -0.25) is 0 Å². The van der Waals surface area contributed by atoms with Crippen molar-refractivity contribution in [2.75, 3.05) is 0 Å². The highest BCUT2D eigenvalue weighted by Crippen LogP contribution is 2.40. The van der Waals surface area contributed by atoms with Crippen molar-refractivity contribution >= 4 is 35.6 Å². The van der Waals surface area contributed by atoms with E-state index in [1.807, 2.05) is 0 Å². The van der Waals surface area contributed by atoms with Gasteiger partial charge in [-0.25, -0.2) is 8.42 Å². The third kappa shape index (κ3) is 3.69. The topological polar surface area (TPSA) is 34.1 Å². The van der Waals surface area contributed by atoms with Gasteiger partial charge in [0.05, 0.1) is 15.7 Å². The summed E-state index contributed by atoms with van der Waals surface area (Å²) in [5.41, 5.74) is -4.81. The average Bonchev–Trinajstić information content (AvgIpc) is 1.99. The maximum absolute atomic E-state index is 11.9. The van der Waals surface area contributed by atoms with Gasteiger partial charge in [0.2, 0.25) is 8.87 Å². The summed E-state index contributed by atoms with van der Waals surface area (Å²) < 4.78 is 58.5. The number of alkyl halides is 3. The molecule has 0 aliphatic carbocycles. The fourth-order valence-electron chi connectivity index (χ4n) is 0.817. The van der Waals surface area contributed by atoms with Crippen molar-refractivity contribution < 1.29 is 21.6 Å². The fraction of sp³-hybridized carbons (Fsp3) is 0.143. The largest absolute Gasteiger partial charge is 0.456 e. The van der Waals surface area contributed by atoms with Crippen LogP contribution in [0.3, 0.4) is 0 Å². The normalized spacial score (nSPS) is 12.8. The average molecular weight is 321 g/mol. The van der Waals surface area contributed by atoms with Crippen LogP contribution in [0.25, 0.3) is 0 Å². The third-order valence-corrected chi connectivity index (χ3v) is 5.33. The van der Waals surface area contributed by atoms with E-state index in [9.17, 15) is 21.6 Å². The molecular formula is C7H4BrF3O2S2. The molecule has 0 spiro atoms. The standard InChI is InChI=1S/C7H4BrF3O2S2/c8-5-3-1-2-4-6(5)15(12,13)14-7(9,10)11/h1-4H. The molecule has 0 N–H and O–H groups in total. The van der Waals surface area contributed by atoms with Crippen LogP contribution in [-0.2, 0) is 8.87 Å². The number of hydrogen-bond donors (Lipinski definition) is 0. The second kappa shape index (κ2) is 4.34. The van der Waals surface area contributed by atoms with Crippen LogP contribution in [-0.4, -0.2) is 13.9 Å². The molecule has 1 aromatic rings. The zero-order valence-electron chi connectivity index (χ0n) is 6.95. The summed E-state index contributed by atoms with van der Waals surface area (Å²) in [5, 5.41) is 0. The van der Waals surface area contributed by atoms with Gasteiger partial charge in [0.1, 0.15) is 0 Å². The maximum Gasteiger partial charge on any atom is 0.456 e. The van der Waals surface area contributed by atoms with Crippen molar-refractivity contribution in [2.45, 2.75) is 10.4 Å². The first-order valence-electron chi connectivity index (χ1n) is 3.49. The lowest BCUT2D eigenvalue weighted by Gasteiger charge is -2.07. The molecule has 0 atom stereocenters. The highest BCUT2D eigenvalue weighted by molar-refractivity contribution is 9.10. The monoisotopic (exact) mass is 320 g/mol. The lowest BCUT2D eigenvalue weighted by molar-refractivity contribution is -0.0312. The molecule has 0 bridgehead atoms. The Balaban J connectivity index is 3.13. The number of hydrogen-bond acceptors (Lipinski definition) is 3. The molecule has 0 heterocycles. The first-order valence-corrected chi connectivity index (χ1v) is 7.10. The summed E-state index contributed by atoms with van der Waals surface area (Å²) in [5.74, 6) is 0. The van der Waals surface area contributed by atoms with Crippen LogP contribution in [0.5, 0.6) is 0 Å². The Kier molecular flexibility index (Phi) is 3.72. The van der Waals surface area contributed by atoms with Gasteiger partial charge in [0.25, 0.3) is 0 Å². The van der Waals surface area contributed by atoms with Gasteiger partial charge in [-0.15, -0.1) is 0 Å². The predicted octanol–water partition coefficient (Wildman–Crippen LogP) is 3.39. The Morgan fingerprint density at radius 1 is 1.20 bits per heavy atom. The summed E-state index contributed by atoms with van der Waals surface area (Å²) in [6.45, 7) is 0. The zero-order chi connectivity index (χ0) is 11.7. The summed E-state index contributed by atoms with van der Waals surface area (Å²) in [7, 11) is -5.44. The zero-order valence-corrected chi connectivity index (χ0v) is 10.2. The Labute approximate surface area is 96.3 Å². The Morgan fingerprint density at radius 2 is 1.73 bits per heavy atom. The minimum absolute atomic E-state index is 0.113. The van der Waals surface area contributed by atoms with Crippen molar-refractivity contribution in [3.63, 3.8) is 0 Å². The molecule has 0 aliphatic heterocycles. The molecule has 0 fully saturated rings. The molecule has 1 rings (SSSR count). The van der Waals surface area contributed by atoms with Gasteiger partial charge >= 0.3 is 5.51 Å². The van der Waals surface area contributed by atoms with Gasteiger partial charge < -0.3 is 0 Å². The van der Waals surface area contributed by atoms with Crippen LogP contribution in [0.15, 0.2) is 33.6 Å². The molecule has 0 aromatic heterocycles. The van der Waals surface area contributed by atoms with Crippen LogP contribution in [0.2, 0.25) is 0 Å². The van der Waals surface area contributed by atoms with E-state index in [1.54, 1.807) is 0 Å². The molecule has 0 saturated heterocycles. The number of halogens is 4. The van der Waals surface area contributed by atoms with Crippen LogP contribution in [0.1, 0.15) is 0 Å². The Hall–Kier alpha value is -0.210. The van der Waals surface area contributed by atoms with Crippen molar-refractivity contribution in [3.05, 3.63) is 28.7 Å². The van der Waals surface area contributed by atoms with Crippen LogP contribution >= 0.6 is 26.7 Å². The molecule has 8 heteroatoms. The molecule has 84 valence electrons. The van der Waals surface area contributed by atoms with Crippen LogP contribution < -0.4 is 0 Å². The van der Waals surface area contributed by atoms with Crippen molar-refractivity contribution in [2.24, 2.45) is 0 Å². The highest BCUT2D eigenvalue weighted by Gasteiger charge is 2.38. The first kappa shape index (κ1) is 12.9. The first-order chi connectivity index (χ1) is 6.72. The quantitative estimate of drug-likeness (QED) is 0.783. The number of benzene rings is 1. The number of rotatable bonds is 2. The Bertz CT molecular complexity index is 456. The molecule has 1 aromatic carbocycles. The second-order valence-electron chi connectivity index (χ2n) is 2.41. The van der Waals surface area contributed by atoms with E-state index in [0.717, 1.165) is 6.07 Å². The van der Waals surface area contributed by atoms with E-state index in [4.69, 9.17) is 0 Å². The van der Waals surface area contributed by atoms with Gasteiger partial charge in [0.15, 0.2) is 0 Å². The van der Waals surface area contributed by atoms with Crippen molar-refractivity contribution in [1.29, 1.82) is 0 Å². The minimum atomic E-state index is -4.81. The molecule has 0 unspecified atom stereocenters. The predicted molar refractivity (Wildman–Crippen MR) is 55.0 cm³/mol. The van der Waals surface area contributed by atoms with Gasteiger partial charge in [-0.05, 0) is 28.1 Å². The van der Waals surface area contributed by atoms with E-state index >= 15 is 0 Å². The third-order valence-electron chi connectivity index (χ3n) is 1.31. The highest BCUT2D eigenvalue weighted by atomic mass is 79.9. The lowest BCUT2D eigenvalue weighted by atomic mass is 10.4. The lowest BCUT2D eigenvalue weighted by Crippen LogP contribution is -2.07. The Morgan fingerprint density at radius 3 is 2.20 bits per heavy atom. The van der Waals surface area contributed by atoms with Crippen LogP contribution in [0, 0.1) is 0 Å². The van der Waals surface area contributed by atoms with E-state index in [2.05, 4.69) is 15.9 Å². The molecule has 0 amide bonds. The van der Waals surface area contributed by atoms with E-state index < -0.39 is 25.2 Å². The molecular weight excluding hydrogens is 317 g/mol.